The van der Waals surface area contributed by atoms with Crippen LogP contribution in [0.1, 0.15) is 57.4 Å². The van der Waals surface area contributed by atoms with Crippen LogP contribution in [-0.2, 0) is 13.1 Å². The zero-order valence-corrected chi connectivity index (χ0v) is 25.5. The SMILES string of the molecule is CCCN(Cc1cccn1Cc1nc(C(=O)N2CCN(c3ccccc3OCC)CC2)cs1)C(=O)c1ccccc1C. The second-order valence-electron chi connectivity index (χ2n) is 10.5. The molecule has 5 rings (SSSR count). The Morgan fingerprint density at radius 3 is 2.50 bits per heavy atom. The van der Waals surface area contributed by atoms with Crippen molar-refractivity contribution in [3.8, 4) is 5.75 Å². The van der Waals surface area contributed by atoms with Crippen molar-refractivity contribution >= 4 is 28.8 Å². The fourth-order valence-electron chi connectivity index (χ4n) is 5.38. The van der Waals surface area contributed by atoms with Crippen molar-refractivity contribution in [3.05, 3.63) is 99.8 Å². The molecule has 1 aliphatic rings. The molecule has 0 unspecified atom stereocenters. The van der Waals surface area contributed by atoms with Crippen LogP contribution in [0, 0.1) is 6.92 Å². The second-order valence-corrected chi connectivity index (χ2v) is 11.4. The molecule has 0 atom stereocenters. The lowest BCUT2D eigenvalue weighted by Gasteiger charge is -2.36. The summed E-state index contributed by atoms with van der Waals surface area (Å²) in [7, 11) is 0. The number of amides is 2. The minimum atomic E-state index is -0.0269. The van der Waals surface area contributed by atoms with Crippen LogP contribution < -0.4 is 9.64 Å². The van der Waals surface area contributed by atoms with Gasteiger partial charge < -0.3 is 24.0 Å². The summed E-state index contributed by atoms with van der Waals surface area (Å²) in [5.74, 6) is 0.901. The fourth-order valence-corrected chi connectivity index (χ4v) is 6.15. The van der Waals surface area contributed by atoms with Crippen LogP contribution in [0.5, 0.6) is 5.75 Å². The molecule has 0 saturated carbocycles. The second kappa shape index (κ2) is 13.7. The molecule has 9 heteroatoms. The number of rotatable bonds is 11. The average Bonchev–Trinajstić information content (AvgIpc) is 3.67. The van der Waals surface area contributed by atoms with E-state index in [2.05, 4.69) is 28.5 Å². The Bertz CT molecular complexity index is 1500. The largest absolute Gasteiger partial charge is 0.492 e. The highest BCUT2D eigenvalue weighted by molar-refractivity contribution is 7.09. The lowest BCUT2D eigenvalue weighted by Crippen LogP contribution is -2.49. The van der Waals surface area contributed by atoms with Crippen molar-refractivity contribution in [2.45, 2.75) is 40.3 Å². The fraction of sp³-hybridized carbons (Fsp3) is 0.364. The molecule has 0 aliphatic carbocycles. The Morgan fingerprint density at radius 1 is 0.976 bits per heavy atom. The molecule has 0 radical (unpaired) electrons. The van der Waals surface area contributed by atoms with Gasteiger partial charge in [-0.2, -0.15) is 0 Å². The van der Waals surface area contributed by atoms with Gasteiger partial charge in [-0.3, -0.25) is 9.59 Å². The maximum atomic E-state index is 13.4. The summed E-state index contributed by atoms with van der Waals surface area (Å²) in [5, 5.41) is 2.73. The van der Waals surface area contributed by atoms with Gasteiger partial charge in [0.2, 0.25) is 0 Å². The van der Waals surface area contributed by atoms with E-state index in [1.165, 1.54) is 11.3 Å². The molecule has 1 fully saturated rings. The molecule has 2 aromatic carbocycles. The van der Waals surface area contributed by atoms with Gasteiger partial charge in [0.05, 0.1) is 25.4 Å². The third-order valence-electron chi connectivity index (χ3n) is 7.58. The Balaban J connectivity index is 1.21. The highest BCUT2D eigenvalue weighted by Crippen LogP contribution is 2.29. The van der Waals surface area contributed by atoms with Gasteiger partial charge in [0.25, 0.3) is 11.8 Å². The summed E-state index contributed by atoms with van der Waals surface area (Å²) in [4.78, 5) is 37.5. The third-order valence-corrected chi connectivity index (χ3v) is 8.42. The Kier molecular flexibility index (Phi) is 9.59. The summed E-state index contributed by atoms with van der Waals surface area (Å²) < 4.78 is 7.93. The van der Waals surface area contributed by atoms with Crippen molar-refractivity contribution in [2.75, 3.05) is 44.2 Å². The van der Waals surface area contributed by atoms with Gasteiger partial charge in [-0.1, -0.05) is 37.3 Å². The molecule has 2 aromatic heterocycles. The van der Waals surface area contributed by atoms with E-state index in [0.717, 1.165) is 52.8 Å². The first-order valence-electron chi connectivity index (χ1n) is 14.7. The number of ether oxygens (including phenoxy) is 1. The number of hydrogen-bond donors (Lipinski definition) is 0. The molecule has 3 heterocycles. The molecule has 0 bridgehead atoms. The summed E-state index contributed by atoms with van der Waals surface area (Å²) in [6.07, 6.45) is 2.89. The van der Waals surface area contributed by atoms with E-state index in [9.17, 15) is 9.59 Å². The van der Waals surface area contributed by atoms with E-state index in [4.69, 9.17) is 9.72 Å². The highest BCUT2D eigenvalue weighted by atomic mass is 32.1. The maximum absolute atomic E-state index is 13.4. The minimum absolute atomic E-state index is 0.0269. The number of benzene rings is 2. The number of carbonyl (C=O) groups is 2. The van der Waals surface area contributed by atoms with Crippen LogP contribution in [0.25, 0.3) is 0 Å². The highest BCUT2D eigenvalue weighted by Gasteiger charge is 2.25. The van der Waals surface area contributed by atoms with E-state index in [1.54, 1.807) is 0 Å². The van der Waals surface area contributed by atoms with E-state index in [1.807, 2.05) is 83.8 Å². The Morgan fingerprint density at radius 2 is 1.74 bits per heavy atom. The predicted octanol–water partition coefficient (Wildman–Crippen LogP) is 5.71. The lowest BCUT2D eigenvalue weighted by molar-refractivity contribution is 0.0732. The van der Waals surface area contributed by atoms with E-state index >= 15 is 0 Å². The molecular formula is C33H39N5O3S. The van der Waals surface area contributed by atoms with Gasteiger partial charge in [0.1, 0.15) is 16.5 Å². The van der Waals surface area contributed by atoms with Crippen LogP contribution in [-0.4, -0.2) is 70.5 Å². The van der Waals surface area contributed by atoms with Crippen molar-refractivity contribution in [2.24, 2.45) is 0 Å². The van der Waals surface area contributed by atoms with Gasteiger partial charge >= 0.3 is 0 Å². The molecule has 1 saturated heterocycles. The topological polar surface area (TPSA) is 70.9 Å². The molecule has 0 N–H and O–H groups in total. The molecule has 1 aliphatic heterocycles. The van der Waals surface area contributed by atoms with Crippen LogP contribution in [0.15, 0.2) is 72.2 Å². The summed E-state index contributed by atoms with van der Waals surface area (Å²) >= 11 is 1.50. The zero-order chi connectivity index (χ0) is 29.5. The maximum Gasteiger partial charge on any atom is 0.273 e. The molecular weight excluding hydrogens is 546 g/mol. The monoisotopic (exact) mass is 585 g/mol. The third kappa shape index (κ3) is 6.68. The van der Waals surface area contributed by atoms with Crippen molar-refractivity contribution in [1.82, 2.24) is 19.4 Å². The zero-order valence-electron chi connectivity index (χ0n) is 24.7. The van der Waals surface area contributed by atoms with Crippen molar-refractivity contribution in [1.29, 1.82) is 0 Å². The molecule has 42 heavy (non-hydrogen) atoms. The van der Waals surface area contributed by atoms with E-state index in [-0.39, 0.29) is 11.8 Å². The van der Waals surface area contributed by atoms with Gasteiger partial charge in [0, 0.05) is 55.6 Å². The van der Waals surface area contributed by atoms with Crippen LogP contribution in [0.4, 0.5) is 5.69 Å². The molecule has 2 amide bonds. The molecule has 220 valence electrons. The first-order valence-corrected chi connectivity index (χ1v) is 15.6. The number of thiazole rings is 1. The molecule has 8 nitrogen and oxygen atoms in total. The summed E-state index contributed by atoms with van der Waals surface area (Å²) in [6, 6.07) is 19.9. The number of hydrogen-bond acceptors (Lipinski definition) is 6. The van der Waals surface area contributed by atoms with Crippen LogP contribution >= 0.6 is 11.3 Å². The first-order chi connectivity index (χ1) is 20.5. The summed E-state index contributed by atoms with van der Waals surface area (Å²) in [5.41, 5.74) is 4.33. The van der Waals surface area contributed by atoms with Gasteiger partial charge in [-0.25, -0.2) is 4.98 Å². The Labute approximate surface area is 252 Å². The van der Waals surface area contributed by atoms with Crippen LogP contribution in [0.2, 0.25) is 0 Å². The quantitative estimate of drug-likeness (QED) is 0.225. The number of aryl methyl sites for hydroxylation is 1. The number of nitrogens with zero attached hydrogens (tertiary/aromatic N) is 5. The molecule has 4 aromatic rings. The van der Waals surface area contributed by atoms with Crippen molar-refractivity contribution in [3.63, 3.8) is 0 Å². The summed E-state index contributed by atoms with van der Waals surface area (Å²) in [6.45, 7) is 11.2. The predicted molar refractivity (Wildman–Crippen MR) is 168 cm³/mol. The minimum Gasteiger partial charge on any atom is -0.492 e. The van der Waals surface area contributed by atoms with Gasteiger partial charge in [-0.15, -0.1) is 11.3 Å². The number of para-hydroxylation sites is 2. The van der Waals surface area contributed by atoms with E-state index < -0.39 is 0 Å². The van der Waals surface area contributed by atoms with E-state index in [0.29, 0.717) is 45.0 Å². The van der Waals surface area contributed by atoms with Gasteiger partial charge in [0.15, 0.2) is 0 Å². The lowest BCUT2D eigenvalue weighted by atomic mass is 10.1. The molecule has 0 spiro atoms. The van der Waals surface area contributed by atoms with Gasteiger partial charge in [-0.05, 0) is 56.2 Å². The number of piperazine rings is 1. The Hall–Kier alpha value is -4.11. The first kappa shape index (κ1) is 29.4. The standard InChI is InChI=1S/C33H39N5O3S/c1-4-16-38(32(39)27-13-7-6-11-25(27)3)22-26-12-10-17-37(26)23-31-34-28(24-42-31)33(40)36-20-18-35(19-21-36)29-14-8-9-15-30(29)41-5-2/h6-15,17,24H,4-5,16,18-23H2,1-3H3. The smallest absolute Gasteiger partial charge is 0.273 e. The van der Waals surface area contributed by atoms with Crippen molar-refractivity contribution < 1.29 is 14.3 Å². The normalized spacial score (nSPS) is 13.3. The average molecular weight is 586 g/mol. The number of carbonyl (C=O) groups excluding carboxylic acids is 2. The number of aromatic nitrogens is 2. The van der Waals surface area contributed by atoms with Crippen LogP contribution in [0.3, 0.4) is 0 Å². The number of anilines is 1.